The molecule has 1 heterocycles. The third-order valence-electron chi connectivity index (χ3n) is 3.87. The standard InChI is InChI=1S/C19H20N2O4/c1-21(2)19(23)14-9-7-13(8-10-14)11-20-18(22)17-12-24-15-5-3-4-6-16(15)25-17/h3-10,17H,11-12H2,1-2H3,(H,20,22). The van der Waals surface area contributed by atoms with Gasteiger partial charge in [-0.25, -0.2) is 0 Å². The number of para-hydroxylation sites is 2. The number of hydrogen-bond donors (Lipinski definition) is 1. The molecule has 0 fully saturated rings. The fourth-order valence-electron chi connectivity index (χ4n) is 2.48. The van der Waals surface area contributed by atoms with Crippen LogP contribution in [0.25, 0.3) is 0 Å². The normalized spacial score (nSPS) is 15.4. The van der Waals surface area contributed by atoms with Crippen LogP contribution in [-0.2, 0) is 11.3 Å². The zero-order chi connectivity index (χ0) is 17.8. The molecule has 1 unspecified atom stereocenters. The molecular weight excluding hydrogens is 320 g/mol. The third-order valence-corrected chi connectivity index (χ3v) is 3.87. The van der Waals surface area contributed by atoms with Crippen molar-refractivity contribution in [2.45, 2.75) is 12.6 Å². The summed E-state index contributed by atoms with van der Waals surface area (Å²) >= 11 is 0. The Morgan fingerprint density at radius 2 is 1.76 bits per heavy atom. The van der Waals surface area contributed by atoms with Gasteiger partial charge in [0.15, 0.2) is 11.5 Å². The number of ether oxygens (including phenoxy) is 2. The number of nitrogens with zero attached hydrogens (tertiary/aromatic N) is 1. The number of carbonyl (C=O) groups is 2. The molecule has 1 aliphatic rings. The first kappa shape index (κ1) is 16.8. The molecule has 6 heteroatoms. The highest BCUT2D eigenvalue weighted by Gasteiger charge is 2.26. The zero-order valence-electron chi connectivity index (χ0n) is 14.2. The van der Waals surface area contributed by atoms with Crippen LogP contribution >= 0.6 is 0 Å². The van der Waals surface area contributed by atoms with Gasteiger partial charge in [-0.2, -0.15) is 0 Å². The Hall–Kier alpha value is -3.02. The van der Waals surface area contributed by atoms with Gasteiger partial charge in [-0.1, -0.05) is 24.3 Å². The average molecular weight is 340 g/mol. The first-order valence-corrected chi connectivity index (χ1v) is 8.01. The summed E-state index contributed by atoms with van der Waals surface area (Å²) in [5.41, 5.74) is 1.52. The van der Waals surface area contributed by atoms with Crippen LogP contribution < -0.4 is 14.8 Å². The maximum atomic E-state index is 12.3. The summed E-state index contributed by atoms with van der Waals surface area (Å²) in [6.45, 7) is 0.538. The Morgan fingerprint density at radius 3 is 2.44 bits per heavy atom. The van der Waals surface area contributed by atoms with Crippen molar-refractivity contribution in [3.8, 4) is 11.5 Å². The molecule has 25 heavy (non-hydrogen) atoms. The predicted octanol–water partition coefficient (Wildman–Crippen LogP) is 1.84. The van der Waals surface area contributed by atoms with E-state index in [2.05, 4.69) is 5.32 Å². The van der Waals surface area contributed by atoms with Gasteiger partial charge in [-0.05, 0) is 29.8 Å². The lowest BCUT2D eigenvalue weighted by Gasteiger charge is -2.25. The highest BCUT2D eigenvalue weighted by atomic mass is 16.6. The number of amides is 2. The summed E-state index contributed by atoms with van der Waals surface area (Å²) in [7, 11) is 3.42. The molecule has 1 N–H and O–H groups in total. The lowest BCUT2D eigenvalue weighted by atomic mass is 10.1. The van der Waals surface area contributed by atoms with Crippen molar-refractivity contribution in [2.24, 2.45) is 0 Å². The summed E-state index contributed by atoms with van der Waals surface area (Å²) in [6.07, 6.45) is -0.676. The van der Waals surface area contributed by atoms with Gasteiger partial charge in [0.25, 0.3) is 11.8 Å². The second-order valence-corrected chi connectivity index (χ2v) is 5.98. The fourth-order valence-corrected chi connectivity index (χ4v) is 2.48. The molecule has 0 spiro atoms. The van der Waals surface area contributed by atoms with E-state index in [0.717, 1.165) is 5.56 Å². The van der Waals surface area contributed by atoms with Gasteiger partial charge in [0.2, 0.25) is 6.10 Å². The molecule has 0 saturated heterocycles. The van der Waals surface area contributed by atoms with E-state index in [-0.39, 0.29) is 18.4 Å². The van der Waals surface area contributed by atoms with E-state index in [1.54, 1.807) is 38.4 Å². The van der Waals surface area contributed by atoms with Crippen molar-refractivity contribution in [3.05, 3.63) is 59.7 Å². The minimum Gasteiger partial charge on any atom is -0.485 e. The van der Waals surface area contributed by atoms with Crippen LogP contribution in [0.2, 0.25) is 0 Å². The summed E-state index contributed by atoms with van der Waals surface area (Å²) in [5.74, 6) is 0.929. The Kier molecular flexibility index (Phi) is 4.88. The van der Waals surface area contributed by atoms with E-state index in [1.807, 2.05) is 24.3 Å². The van der Waals surface area contributed by atoms with Crippen molar-refractivity contribution in [1.82, 2.24) is 10.2 Å². The van der Waals surface area contributed by atoms with E-state index in [1.165, 1.54) is 4.90 Å². The Balaban J connectivity index is 1.55. The molecule has 0 radical (unpaired) electrons. The lowest BCUT2D eigenvalue weighted by molar-refractivity contribution is -0.130. The van der Waals surface area contributed by atoms with E-state index >= 15 is 0 Å². The van der Waals surface area contributed by atoms with Crippen LogP contribution in [0.5, 0.6) is 11.5 Å². The third kappa shape index (κ3) is 3.91. The number of benzene rings is 2. The molecule has 0 saturated carbocycles. The smallest absolute Gasteiger partial charge is 0.264 e. The van der Waals surface area contributed by atoms with Gasteiger partial charge in [-0.3, -0.25) is 9.59 Å². The monoisotopic (exact) mass is 340 g/mol. The van der Waals surface area contributed by atoms with E-state index < -0.39 is 6.10 Å². The molecule has 1 atom stereocenters. The number of fused-ring (bicyclic) bond motifs is 1. The van der Waals surface area contributed by atoms with Gasteiger partial charge in [0.05, 0.1) is 0 Å². The van der Waals surface area contributed by atoms with Crippen LogP contribution in [0.1, 0.15) is 15.9 Å². The summed E-state index contributed by atoms with van der Waals surface area (Å²) < 4.78 is 11.2. The van der Waals surface area contributed by atoms with Crippen LogP contribution in [0, 0.1) is 0 Å². The number of hydrogen-bond acceptors (Lipinski definition) is 4. The summed E-state index contributed by atoms with van der Waals surface area (Å²) in [6, 6.07) is 14.4. The Morgan fingerprint density at radius 1 is 1.08 bits per heavy atom. The largest absolute Gasteiger partial charge is 0.485 e. The highest BCUT2D eigenvalue weighted by Crippen LogP contribution is 2.30. The maximum Gasteiger partial charge on any atom is 0.264 e. The zero-order valence-corrected chi connectivity index (χ0v) is 14.2. The highest BCUT2D eigenvalue weighted by molar-refractivity contribution is 5.93. The number of nitrogens with one attached hydrogen (secondary N) is 1. The quantitative estimate of drug-likeness (QED) is 0.922. The van der Waals surface area contributed by atoms with Crippen LogP contribution in [0.3, 0.4) is 0 Å². The molecule has 6 nitrogen and oxygen atoms in total. The Bertz CT molecular complexity index is 771. The molecular formula is C19H20N2O4. The van der Waals surface area contributed by atoms with Gasteiger partial charge in [0.1, 0.15) is 6.61 Å². The van der Waals surface area contributed by atoms with Crippen molar-refractivity contribution in [2.75, 3.05) is 20.7 Å². The van der Waals surface area contributed by atoms with Crippen molar-refractivity contribution < 1.29 is 19.1 Å². The molecule has 2 amide bonds. The molecule has 0 aliphatic carbocycles. The number of carbonyl (C=O) groups excluding carboxylic acids is 2. The molecule has 2 aromatic rings. The number of rotatable bonds is 4. The van der Waals surface area contributed by atoms with Crippen molar-refractivity contribution in [1.29, 1.82) is 0 Å². The summed E-state index contributed by atoms with van der Waals surface area (Å²) in [5, 5.41) is 2.83. The summed E-state index contributed by atoms with van der Waals surface area (Å²) in [4.78, 5) is 25.6. The molecule has 1 aliphatic heterocycles. The second-order valence-electron chi connectivity index (χ2n) is 5.98. The van der Waals surface area contributed by atoms with Crippen molar-refractivity contribution >= 4 is 11.8 Å². The van der Waals surface area contributed by atoms with Crippen LogP contribution in [0.15, 0.2) is 48.5 Å². The topological polar surface area (TPSA) is 67.9 Å². The Labute approximate surface area is 146 Å². The van der Waals surface area contributed by atoms with E-state index in [9.17, 15) is 9.59 Å². The minimum atomic E-state index is -0.676. The van der Waals surface area contributed by atoms with Crippen molar-refractivity contribution in [3.63, 3.8) is 0 Å². The maximum absolute atomic E-state index is 12.3. The molecule has 130 valence electrons. The molecule has 3 rings (SSSR count). The minimum absolute atomic E-state index is 0.0537. The van der Waals surface area contributed by atoms with Gasteiger partial charge >= 0.3 is 0 Å². The van der Waals surface area contributed by atoms with E-state index in [4.69, 9.17) is 9.47 Å². The average Bonchev–Trinajstić information content (AvgIpc) is 2.65. The van der Waals surface area contributed by atoms with Gasteiger partial charge in [0, 0.05) is 26.2 Å². The second kappa shape index (κ2) is 7.25. The lowest BCUT2D eigenvalue weighted by Crippen LogP contribution is -2.43. The first-order chi connectivity index (χ1) is 12.0. The van der Waals surface area contributed by atoms with E-state index in [0.29, 0.717) is 23.6 Å². The molecule has 2 aromatic carbocycles. The first-order valence-electron chi connectivity index (χ1n) is 8.01. The molecule has 0 aromatic heterocycles. The fraction of sp³-hybridized carbons (Fsp3) is 0.263. The SMILES string of the molecule is CN(C)C(=O)c1ccc(CNC(=O)C2COc3ccccc3O2)cc1. The van der Waals surface area contributed by atoms with Crippen LogP contribution in [0.4, 0.5) is 0 Å². The van der Waals surface area contributed by atoms with Gasteiger partial charge < -0.3 is 19.7 Å². The molecule has 0 bridgehead atoms. The predicted molar refractivity (Wildman–Crippen MR) is 92.7 cm³/mol. The van der Waals surface area contributed by atoms with Gasteiger partial charge in [-0.15, -0.1) is 0 Å². The van der Waals surface area contributed by atoms with Crippen LogP contribution in [-0.4, -0.2) is 43.5 Å².